The predicted octanol–water partition coefficient (Wildman–Crippen LogP) is 0.628. The SMILES string of the molecule is O=[N+]([O-])c1c(Cl)ccc(S(=O)(=O)N2CC(O)C(O)C2)c1Cl. The molecule has 1 aliphatic rings. The summed E-state index contributed by atoms with van der Waals surface area (Å²) in [5.41, 5.74) is -0.709. The van der Waals surface area contributed by atoms with Gasteiger partial charge in [0.05, 0.1) is 17.1 Å². The van der Waals surface area contributed by atoms with Crippen molar-refractivity contribution >= 4 is 38.9 Å². The van der Waals surface area contributed by atoms with Crippen molar-refractivity contribution in [1.29, 1.82) is 0 Å². The lowest BCUT2D eigenvalue weighted by molar-refractivity contribution is -0.384. The van der Waals surface area contributed by atoms with Gasteiger partial charge in [-0.15, -0.1) is 0 Å². The molecule has 11 heteroatoms. The average molecular weight is 357 g/mol. The van der Waals surface area contributed by atoms with Crippen molar-refractivity contribution in [2.75, 3.05) is 13.1 Å². The van der Waals surface area contributed by atoms with E-state index in [9.17, 15) is 28.7 Å². The van der Waals surface area contributed by atoms with Crippen LogP contribution in [0, 0.1) is 10.1 Å². The molecule has 2 unspecified atom stereocenters. The molecule has 0 aromatic heterocycles. The largest absolute Gasteiger partial charge is 0.389 e. The van der Waals surface area contributed by atoms with Crippen LogP contribution in [-0.2, 0) is 10.0 Å². The number of hydrogen-bond donors (Lipinski definition) is 2. The molecular formula is C10H10Cl2N2O6S. The van der Waals surface area contributed by atoms with Crippen molar-refractivity contribution in [3.8, 4) is 0 Å². The second-order valence-corrected chi connectivity index (χ2v) is 7.11. The minimum Gasteiger partial charge on any atom is -0.389 e. The van der Waals surface area contributed by atoms with Gasteiger partial charge in [0.15, 0.2) is 0 Å². The lowest BCUT2D eigenvalue weighted by Crippen LogP contribution is -2.30. The minimum atomic E-state index is -4.19. The van der Waals surface area contributed by atoms with Crippen LogP contribution in [-0.4, -0.2) is 53.2 Å². The van der Waals surface area contributed by atoms with Crippen molar-refractivity contribution < 1.29 is 23.6 Å². The number of nitro benzene ring substituents is 1. The molecule has 116 valence electrons. The smallest absolute Gasteiger partial charge is 0.307 e. The topological polar surface area (TPSA) is 121 Å². The third-order valence-corrected chi connectivity index (χ3v) is 5.73. The molecule has 0 bridgehead atoms. The number of rotatable bonds is 3. The minimum absolute atomic E-state index is 0.287. The highest BCUT2D eigenvalue weighted by molar-refractivity contribution is 7.89. The molecule has 1 saturated heterocycles. The van der Waals surface area contributed by atoms with E-state index in [1.165, 1.54) is 0 Å². The fourth-order valence-electron chi connectivity index (χ4n) is 1.96. The Labute approximate surface area is 129 Å². The third-order valence-electron chi connectivity index (χ3n) is 3.06. The molecule has 0 spiro atoms. The standard InChI is InChI=1S/C10H10Cl2N2O6S/c11-5-1-2-8(9(12)10(5)14(17)18)21(19,20)13-3-6(15)7(16)4-13/h1-2,6-7,15-16H,3-4H2. The molecule has 1 aromatic rings. The number of nitrogens with zero attached hydrogens (tertiary/aromatic N) is 2. The fraction of sp³-hybridized carbons (Fsp3) is 0.400. The van der Waals surface area contributed by atoms with E-state index in [1.807, 2.05) is 0 Å². The molecular weight excluding hydrogens is 347 g/mol. The Bertz CT molecular complexity index is 685. The maximum atomic E-state index is 12.4. The van der Waals surface area contributed by atoms with Crippen LogP contribution >= 0.6 is 23.2 Å². The first-order valence-electron chi connectivity index (χ1n) is 5.65. The van der Waals surface area contributed by atoms with Crippen LogP contribution in [0.15, 0.2) is 17.0 Å². The zero-order chi connectivity index (χ0) is 15.9. The Morgan fingerprint density at radius 1 is 1.24 bits per heavy atom. The number of β-amino-alcohol motifs (C(OH)–C–C–N with tert-alkyl or cyclic N) is 2. The Morgan fingerprint density at radius 2 is 1.76 bits per heavy atom. The first kappa shape index (κ1) is 16.4. The molecule has 2 atom stereocenters. The number of aliphatic hydroxyl groups is 2. The van der Waals surface area contributed by atoms with Gasteiger partial charge in [-0.1, -0.05) is 23.2 Å². The van der Waals surface area contributed by atoms with Gasteiger partial charge in [0.25, 0.3) is 0 Å². The summed E-state index contributed by atoms with van der Waals surface area (Å²) in [5, 5.41) is 28.8. The number of benzene rings is 1. The highest BCUT2D eigenvalue weighted by Gasteiger charge is 2.39. The van der Waals surface area contributed by atoms with Gasteiger partial charge in [0.2, 0.25) is 10.0 Å². The molecule has 8 nitrogen and oxygen atoms in total. The van der Waals surface area contributed by atoms with Crippen LogP contribution in [0.4, 0.5) is 5.69 Å². The van der Waals surface area contributed by atoms with Crippen molar-refractivity contribution in [1.82, 2.24) is 4.31 Å². The van der Waals surface area contributed by atoms with Crippen LogP contribution in [0.25, 0.3) is 0 Å². The summed E-state index contributed by atoms with van der Waals surface area (Å²) in [6.07, 6.45) is -2.44. The third kappa shape index (κ3) is 2.85. The van der Waals surface area contributed by atoms with Gasteiger partial charge in [-0.25, -0.2) is 8.42 Å². The molecule has 21 heavy (non-hydrogen) atoms. The number of nitro groups is 1. The average Bonchev–Trinajstić information content (AvgIpc) is 2.69. The number of sulfonamides is 1. The van der Waals surface area contributed by atoms with Crippen molar-refractivity contribution in [2.45, 2.75) is 17.1 Å². The first-order chi connectivity index (χ1) is 9.66. The molecule has 1 aromatic carbocycles. The molecule has 1 aliphatic heterocycles. The summed E-state index contributed by atoms with van der Waals surface area (Å²) >= 11 is 11.4. The molecule has 2 rings (SSSR count). The van der Waals surface area contributed by atoms with E-state index in [0.717, 1.165) is 16.4 Å². The quantitative estimate of drug-likeness (QED) is 0.605. The van der Waals surface area contributed by atoms with Gasteiger partial charge in [0.1, 0.15) is 14.9 Å². The summed E-state index contributed by atoms with van der Waals surface area (Å²) in [6, 6.07) is 2.10. The molecule has 1 heterocycles. The summed E-state index contributed by atoms with van der Waals surface area (Å²) in [5.74, 6) is 0. The maximum Gasteiger partial charge on any atom is 0.307 e. The Balaban J connectivity index is 2.52. The zero-order valence-electron chi connectivity index (χ0n) is 10.3. The molecule has 1 fully saturated rings. The molecule has 2 N–H and O–H groups in total. The van der Waals surface area contributed by atoms with E-state index in [2.05, 4.69) is 0 Å². The van der Waals surface area contributed by atoms with E-state index in [4.69, 9.17) is 23.2 Å². The zero-order valence-corrected chi connectivity index (χ0v) is 12.6. The molecule has 0 amide bonds. The van der Waals surface area contributed by atoms with Gasteiger partial charge in [-0.2, -0.15) is 4.31 Å². The summed E-state index contributed by atoms with van der Waals surface area (Å²) < 4.78 is 25.6. The lowest BCUT2D eigenvalue weighted by atomic mass is 10.3. The van der Waals surface area contributed by atoms with Crippen LogP contribution in [0.3, 0.4) is 0 Å². The van der Waals surface area contributed by atoms with Crippen LogP contribution in [0.1, 0.15) is 0 Å². The Hall–Kier alpha value is -0.970. The van der Waals surface area contributed by atoms with E-state index in [-0.39, 0.29) is 18.1 Å². The predicted molar refractivity (Wildman–Crippen MR) is 73.9 cm³/mol. The van der Waals surface area contributed by atoms with E-state index in [0.29, 0.717) is 0 Å². The number of aliphatic hydroxyl groups excluding tert-OH is 2. The van der Waals surface area contributed by atoms with Crippen molar-refractivity contribution in [3.63, 3.8) is 0 Å². The second-order valence-electron chi connectivity index (χ2n) is 4.42. The van der Waals surface area contributed by atoms with Crippen LogP contribution in [0.2, 0.25) is 10.0 Å². The van der Waals surface area contributed by atoms with E-state index < -0.39 is 42.8 Å². The summed E-state index contributed by atoms with van der Waals surface area (Å²) in [4.78, 5) is 9.52. The fourth-order valence-corrected chi connectivity index (χ4v) is 4.30. The number of halogens is 2. The van der Waals surface area contributed by atoms with Crippen molar-refractivity contribution in [2.24, 2.45) is 0 Å². The van der Waals surface area contributed by atoms with E-state index in [1.54, 1.807) is 0 Å². The van der Waals surface area contributed by atoms with Crippen molar-refractivity contribution in [3.05, 3.63) is 32.3 Å². The van der Waals surface area contributed by atoms with Crippen LogP contribution in [0.5, 0.6) is 0 Å². The summed E-state index contributed by atoms with van der Waals surface area (Å²) in [6.45, 7) is -0.646. The Kier molecular flexibility index (Phi) is 4.43. The second kappa shape index (κ2) is 5.67. The van der Waals surface area contributed by atoms with Gasteiger partial charge in [0, 0.05) is 13.1 Å². The maximum absolute atomic E-state index is 12.4. The van der Waals surface area contributed by atoms with Gasteiger partial charge < -0.3 is 10.2 Å². The highest BCUT2D eigenvalue weighted by Crippen LogP contribution is 2.38. The van der Waals surface area contributed by atoms with E-state index >= 15 is 0 Å². The molecule has 0 radical (unpaired) electrons. The van der Waals surface area contributed by atoms with Gasteiger partial charge in [-0.05, 0) is 12.1 Å². The Morgan fingerprint density at radius 3 is 2.24 bits per heavy atom. The monoisotopic (exact) mass is 356 g/mol. The number of hydrogen-bond acceptors (Lipinski definition) is 6. The molecule has 0 aliphatic carbocycles. The van der Waals surface area contributed by atoms with Gasteiger partial charge >= 0.3 is 5.69 Å². The first-order valence-corrected chi connectivity index (χ1v) is 7.84. The normalized spacial score (nSPS) is 23.4. The van der Waals surface area contributed by atoms with Gasteiger partial charge in [-0.3, -0.25) is 10.1 Å². The summed E-state index contributed by atoms with van der Waals surface area (Å²) in [7, 11) is -4.19. The van der Waals surface area contributed by atoms with Crippen LogP contribution < -0.4 is 0 Å². The lowest BCUT2D eigenvalue weighted by Gasteiger charge is -2.16. The highest BCUT2D eigenvalue weighted by atomic mass is 35.5. The molecule has 0 saturated carbocycles.